The number of hydrogen-bond acceptors (Lipinski definition) is 7. The number of ether oxygens (including phenoxy) is 1. The van der Waals surface area contributed by atoms with Gasteiger partial charge in [0.1, 0.15) is 11.6 Å². The van der Waals surface area contributed by atoms with E-state index in [1.165, 1.54) is 0 Å². The molecule has 1 atom stereocenters. The van der Waals surface area contributed by atoms with Crippen LogP contribution in [0.15, 0.2) is 30.3 Å². The van der Waals surface area contributed by atoms with Crippen molar-refractivity contribution in [1.82, 2.24) is 10.3 Å². The smallest absolute Gasteiger partial charge is 0.154 e. The van der Waals surface area contributed by atoms with Crippen LogP contribution in [0, 0.1) is 6.92 Å². The van der Waals surface area contributed by atoms with E-state index in [1.54, 1.807) is 0 Å². The number of benzene rings is 1. The van der Waals surface area contributed by atoms with Gasteiger partial charge in [-0.3, -0.25) is 4.79 Å². The van der Waals surface area contributed by atoms with E-state index in [4.69, 9.17) is 10.5 Å². The molecule has 0 aliphatic carbocycles. The quantitative estimate of drug-likeness (QED) is 0.450. The van der Waals surface area contributed by atoms with Gasteiger partial charge in [0, 0.05) is 31.4 Å². The number of hydrogen-bond donors (Lipinski definition) is 4. The predicted molar refractivity (Wildman–Crippen MR) is 110 cm³/mol. The first-order valence-corrected chi connectivity index (χ1v) is 9.12. The van der Waals surface area contributed by atoms with Crippen molar-refractivity contribution >= 4 is 23.6 Å². The van der Waals surface area contributed by atoms with E-state index in [2.05, 4.69) is 20.9 Å². The summed E-state index contributed by atoms with van der Waals surface area (Å²) in [4.78, 5) is 16.3. The van der Waals surface area contributed by atoms with Crippen LogP contribution >= 0.6 is 0 Å². The summed E-state index contributed by atoms with van der Waals surface area (Å²) in [6.07, 6.45) is 0.836. The Hall–Kier alpha value is -2.48. The normalized spacial score (nSPS) is 11.9. The Kier molecular flexibility index (Phi) is 8.19. The van der Waals surface area contributed by atoms with E-state index in [0.717, 1.165) is 23.1 Å². The fraction of sp³-hybridized carbons (Fsp3) is 0.400. The SMILES string of the molecule is CCOCC(N)CNc1cc(CNC)c(C=O)c(Nc2cccc(C)c2)n1. The van der Waals surface area contributed by atoms with Crippen LogP contribution < -0.4 is 21.7 Å². The Morgan fingerprint density at radius 2 is 2.15 bits per heavy atom. The van der Waals surface area contributed by atoms with Crippen LogP contribution in [0.25, 0.3) is 0 Å². The molecule has 1 unspecified atom stereocenters. The molecular weight excluding hydrogens is 342 g/mol. The number of nitrogens with one attached hydrogen (secondary N) is 3. The molecule has 27 heavy (non-hydrogen) atoms. The maximum atomic E-state index is 11.7. The van der Waals surface area contributed by atoms with Gasteiger partial charge in [0.2, 0.25) is 0 Å². The average Bonchev–Trinajstić information content (AvgIpc) is 2.65. The minimum Gasteiger partial charge on any atom is -0.380 e. The predicted octanol–water partition coefficient (Wildman–Crippen LogP) is 2.44. The summed E-state index contributed by atoms with van der Waals surface area (Å²) in [7, 11) is 1.84. The van der Waals surface area contributed by atoms with Gasteiger partial charge in [-0.05, 0) is 50.2 Å². The van der Waals surface area contributed by atoms with Crippen molar-refractivity contribution in [3.05, 3.63) is 47.0 Å². The Morgan fingerprint density at radius 1 is 1.33 bits per heavy atom. The van der Waals surface area contributed by atoms with Gasteiger partial charge in [0.05, 0.1) is 12.2 Å². The largest absolute Gasteiger partial charge is 0.380 e. The number of pyridine rings is 1. The summed E-state index contributed by atoms with van der Waals surface area (Å²) in [5.41, 5.74) is 9.44. The topological polar surface area (TPSA) is 101 Å². The van der Waals surface area contributed by atoms with E-state index in [1.807, 2.05) is 51.2 Å². The van der Waals surface area contributed by atoms with Crippen LogP contribution in [0.2, 0.25) is 0 Å². The van der Waals surface area contributed by atoms with Gasteiger partial charge in [-0.15, -0.1) is 0 Å². The Morgan fingerprint density at radius 3 is 2.81 bits per heavy atom. The van der Waals surface area contributed by atoms with Crippen molar-refractivity contribution in [3.63, 3.8) is 0 Å². The zero-order valence-corrected chi connectivity index (χ0v) is 16.2. The lowest BCUT2D eigenvalue weighted by Crippen LogP contribution is -2.34. The average molecular weight is 371 g/mol. The zero-order valence-electron chi connectivity index (χ0n) is 16.2. The lowest BCUT2D eigenvalue weighted by atomic mass is 10.1. The van der Waals surface area contributed by atoms with Crippen LogP contribution in [0.3, 0.4) is 0 Å². The van der Waals surface area contributed by atoms with Crippen LogP contribution in [-0.2, 0) is 11.3 Å². The molecule has 0 bridgehead atoms. The Labute approximate surface area is 160 Å². The van der Waals surface area contributed by atoms with E-state index >= 15 is 0 Å². The highest BCUT2D eigenvalue weighted by atomic mass is 16.5. The highest BCUT2D eigenvalue weighted by molar-refractivity contribution is 5.87. The van der Waals surface area contributed by atoms with Crippen molar-refractivity contribution in [2.75, 3.05) is 37.4 Å². The number of aromatic nitrogens is 1. The van der Waals surface area contributed by atoms with Crippen molar-refractivity contribution in [2.24, 2.45) is 5.73 Å². The molecule has 0 fully saturated rings. The molecule has 0 spiro atoms. The van der Waals surface area contributed by atoms with E-state index < -0.39 is 0 Å². The van der Waals surface area contributed by atoms with Crippen molar-refractivity contribution in [2.45, 2.75) is 26.4 Å². The fourth-order valence-corrected chi connectivity index (χ4v) is 2.69. The van der Waals surface area contributed by atoms with Gasteiger partial charge >= 0.3 is 0 Å². The summed E-state index contributed by atoms with van der Waals surface area (Å²) in [6.45, 7) is 6.15. The first-order chi connectivity index (χ1) is 13.1. The van der Waals surface area contributed by atoms with Gasteiger partial charge in [-0.2, -0.15) is 0 Å². The molecular formula is C20H29N5O2. The number of anilines is 3. The number of aryl methyl sites for hydroxylation is 1. The molecule has 0 radical (unpaired) electrons. The zero-order chi connectivity index (χ0) is 19.6. The lowest BCUT2D eigenvalue weighted by molar-refractivity contribution is 0.112. The Bertz CT molecular complexity index is 751. The maximum Gasteiger partial charge on any atom is 0.154 e. The molecule has 0 aliphatic rings. The van der Waals surface area contributed by atoms with Gasteiger partial charge in [-0.25, -0.2) is 4.98 Å². The minimum absolute atomic E-state index is 0.140. The number of nitrogens with zero attached hydrogens (tertiary/aromatic N) is 1. The maximum absolute atomic E-state index is 11.7. The fourth-order valence-electron chi connectivity index (χ4n) is 2.69. The summed E-state index contributed by atoms with van der Waals surface area (Å²) in [5.74, 6) is 1.18. The molecule has 0 saturated heterocycles. The van der Waals surface area contributed by atoms with Gasteiger partial charge in [0.25, 0.3) is 0 Å². The Balaban J connectivity index is 2.26. The number of aldehydes is 1. The number of nitrogens with two attached hydrogens (primary N) is 1. The number of carbonyl (C=O) groups is 1. The molecule has 0 amide bonds. The molecule has 7 heteroatoms. The summed E-state index contributed by atoms with van der Waals surface area (Å²) in [6, 6.07) is 9.66. The molecule has 146 valence electrons. The molecule has 1 heterocycles. The first kappa shape index (κ1) is 20.8. The van der Waals surface area contributed by atoms with Crippen LogP contribution in [0.1, 0.15) is 28.4 Å². The first-order valence-electron chi connectivity index (χ1n) is 9.12. The second kappa shape index (κ2) is 10.6. The summed E-state index contributed by atoms with van der Waals surface area (Å²) in [5, 5.41) is 9.59. The third-order valence-corrected chi connectivity index (χ3v) is 3.99. The molecule has 0 aliphatic heterocycles. The van der Waals surface area contributed by atoms with Gasteiger partial charge in [-0.1, -0.05) is 12.1 Å². The molecule has 0 saturated carbocycles. The molecule has 2 rings (SSSR count). The third-order valence-electron chi connectivity index (χ3n) is 3.99. The molecule has 5 N–H and O–H groups in total. The molecule has 1 aromatic heterocycles. The van der Waals surface area contributed by atoms with E-state index in [-0.39, 0.29) is 6.04 Å². The van der Waals surface area contributed by atoms with Gasteiger partial charge in [0.15, 0.2) is 6.29 Å². The standard InChI is InChI=1S/C20H29N5O2/c1-4-27-13-16(21)11-23-19-9-15(10-22-3)18(12-26)20(25-19)24-17-7-5-6-14(2)8-17/h5-9,12,16,22H,4,10-11,13,21H2,1-3H3,(H2,23,24,25). The van der Waals surface area contributed by atoms with Crippen molar-refractivity contribution < 1.29 is 9.53 Å². The number of carbonyl (C=O) groups excluding carboxylic acids is 1. The minimum atomic E-state index is -0.140. The molecule has 2 aromatic rings. The van der Waals surface area contributed by atoms with Crippen LogP contribution in [0.5, 0.6) is 0 Å². The van der Waals surface area contributed by atoms with Crippen molar-refractivity contribution in [3.8, 4) is 0 Å². The van der Waals surface area contributed by atoms with Crippen molar-refractivity contribution in [1.29, 1.82) is 0 Å². The second-order valence-electron chi connectivity index (χ2n) is 6.37. The van der Waals surface area contributed by atoms with E-state index in [9.17, 15) is 4.79 Å². The van der Waals surface area contributed by atoms with Gasteiger partial charge < -0.3 is 26.4 Å². The van der Waals surface area contributed by atoms with E-state index in [0.29, 0.717) is 43.5 Å². The second-order valence-corrected chi connectivity index (χ2v) is 6.37. The third kappa shape index (κ3) is 6.32. The monoisotopic (exact) mass is 371 g/mol. The van der Waals surface area contributed by atoms with Crippen LogP contribution in [0.4, 0.5) is 17.3 Å². The lowest BCUT2D eigenvalue weighted by Gasteiger charge is -2.17. The number of rotatable bonds is 11. The summed E-state index contributed by atoms with van der Waals surface area (Å²) >= 11 is 0. The highest BCUT2D eigenvalue weighted by Gasteiger charge is 2.13. The molecule has 7 nitrogen and oxygen atoms in total. The highest BCUT2D eigenvalue weighted by Crippen LogP contribution is 2.24. The molecule has 1 aromatic carbocycles. The van der Waals surface area contributed by atoms with Crippen LogP contribution in [-0.4, -0.2) is 44.1 Å². The summed E-state index contributed by atoms with van der Waals surface area (Å²) < 4.78 is 5.34.